The van der Waals surface area contributed by atoms with Crippen LogP contribution in [0.1, 0.15) is 19.2 Å². The third kappa shape index (κ3) is 3.16. The Labute approximate surface area is 111 Å². The van der Waals surface area contributed by atoms with Gasteiger partial charge in [-0.1, -0.05) is 0 Å². The van der Waals surface area contributed by atoms with E-state index < -0.39 is 0 Å². The van der Waals surface area contributed by atoms with E-state index in [1.807, 2.05) is 13.0 Å². The maximum absolute atomic E-state index is 4.54. The largest absolute Gasteiger partial charge is 0.352 e. The first-order valence-corrected chi connectivity index (χ1v) is 6.82. The summed E-state index contributed by atoms with van der Waals surface area (Å²) in [4.78, 5) is 13.6. The Balaban J connectivity index is 2.25. The normalized spacial score (nSPS) is 22.6. The molecule has 0 amide bonds. The van der Waals surface area contributed by atoms with Gasteiger partial charge in [-0.05, 0) is 49.8 Å². The van der Waals surface area contributed by atoms with E-state index in [4.69, 9.17) is 0 Å². The third-order valence-corrected chi connectivity index (χ3v) is 3.54. The smallest absolute Gasteiger partial charge is 0.133 e. The van der Waals surface area contributed by atoms with Gasteiger partial charge in [-0.3, -0.25) is 0 Å². The van der Waals surface area contributed by atoms with Gasteiger partial charge >= 0.3 is 0 Å². The summed E-state index contributed by atoms with van der Waals surface area (Å²) in [6.07, 6.45) is 1.18. The number of hydrogen-bond donors (Lipinski definition) is 0. The van der Waals surface area contributed by atoms with Gasteiger partial charge in [0.1, 0.15) is 16.2 Å². The first kappa shape index (κ1) is 12.8. The highest BCUT2D eigenvalue weighted by Crippen LogP contribution is 2.20. The molecule has 0 aliphatic carbocycles. The molecule has 17 heavy (non-hydrogen) atoms. The lowest BCUT2D eigenvalue weighted by Crippen LogP contribution is -2.38. The van der Waals surface area contributed by atoms with Gasteiger partial charge in [-0.15, -0.1) is 0 Å². The van der Waals surface area contributed by atoms with E-state index >= 15 is 0 Å². The fraction of sp³-hybridized carbons (Fsp3) is 0.667. The summed E-state index contributed by atoms with van der Waals surface area (Å²) in [7, 11) is 2.18. The summed E-state index contributed by atoms with van der Waals surface area (Å²) in [5.41, 5.74) is 0. The van der Waals surface area contributed by atoms with E-state index in [9.17, 15) is 0 Å². The maximum Gasteiger partial charge on any atom is 0.133 e. The topological polar surface area (TPSA) is 32.3 Å². The molecule has 1 aliphatic heterocycles. The maximum atomic E-state index is 4.54. The molecule has 0 aromatic carbocycles. The molecule has 0 bridgehead atoms. The molecule has 0 N–H and O–H groups in total. The van der Waals surface area contributed by atoms with E-state index in [1.54, 1.807) is 0 Å². The van der Waals surface area contributed by atoms with Gasteiger partial charge in [0, 0.05) is 25.2 Å². The number of hydrogen-bond acceptors (Lipinski definition) is 4. The molecule has 2 heterocycles. The Hall–Kier alpha value is -0.680. The monoisotopic (exact) mass is 298 g/mol. The molecule has 1 aliphatic rings. The first-order chi connectivity index (χ1) is 8.06. The van der Waals surface area contributed by atoms with E-state index in [2.05, 4.69) is 49.7 Å². The number of anilines is 1. The fourth-order valence-electron chi connectivity index (χ4n) is 2.38. The highest BCUT2D eigenvalue weighted by Gasteiger charge is 2.21. The molecule has 94 valence electrons. The molecule has 1 aromatic rings. The summed E-state index contributed by atoms with van der Waals surface area (Å²) in [6, 6.07) is 2.50. The Morgan fingerprint density at radius 1 is 1.35 bits per heavy atom. The van der Waals surface area contributed by atoms with Crippen LogP contribution in [-0.4, -0.2) is 47.6 Å². The highest BCUT2D eigenvalue weighted by atomic mass is 79.9. The van der Waals surface area contributed by atoms with Crippen LogP contribution in [0.2, 0.25) is 0 Å². The molecular weight excluding hydrogens is 280 g/mol. The van der Waals surface area contributed by atoms with Crippen LogP contribution in [0.15, 0.2) is 10.7 Å². The number of nitrogens with zero attached hydrogens (tertiary/aromatic N) is 4. The Morgan fingerprint density at radius 3 is 2.82 bits per heavy atom. The Bertz CT molecular complexity index is 376. The van der Waals surface area contributed by atoms with Gasteiger partial charge in [-0.25, -0.2) is 9.97 Å². The van der Waals surface area contributed by atoms with Crippen LogP contribution in [0.5, 0.6) is 0 Å². The van der Waals surface area contributed by atoms with Crippen molar-refractivity contribution in [2.45, 2.75) is 26.3 Å². The lowest BCUT2D eigenvalue weighted by molar-refractivity contribution is 0.337. The summed E-state index contributed by atoms with van der Waals surface area (Å²) < 4.78 is 0.866. The van der Waals surface area contributed by atoms with Gasteiger partial charge < -0.3 is 9.80 Å². The molecule has 1 saturated heterocycles. The van der Waals surface area contributed by atoms with E-state index in [0.717, 1.165) is 35.9 Å². The average molecular weight is 299 g/mol. The van der Waals surface area contributed by atoms with Crippen LogP contribution in [0.4, 0.5) is 5.82 Å². The third-order valence-electron chi connectivity index (χ3n) is 3.13. The fourth-order valence-corrected chi connectivity index (χ4v) is 2.84. The summed E-state index contributed by atoms with van der Waals surface area (Å²) >= 11 is 3.44. The minimum Gasteiger partial charge on any atom is -0.352 e. The van der Waals surface area contributed by atoms with Crippen molar-refractivity contribution >= 4 is 21.7 Å². The molecule has 1 unspecified atom stereocenters. The summed E-state index contributed by atoms with van der Waals surface area (Å²) in [6.45, 7) is 7.50. The zero-order chi connectivity index (χ0) is 12.4. The predicted molar refractivity (Wildman–Crippen MR) is 73.4 cm³/mol. The van der Waals surface area contributed by atoms with E-state index in [-0.39, 0.29) is 0 Å². The molecule has 2 rings (SSSR count). The number of halogens is 1. The van der Waals surface area contributed by atoms with Crippen molar-refractivity contribution in [3.05, 3.63) is 16.5 Å². The number of aromatic nitrogens is 2. The second-order valence-corrected chi connectivity index (χ2v) is 5.57. The van der Waals surface area contributed by atoms with Crippen molar-refractivity contribution in [3.8, 4) is 0 Å². The molecule has 0 radical (unpaired) electrons. The molecule has 0 saturated carbocycles. The van der Waals surface area contributed by atoms with Gasteiger partial charge in [-0.2, -0.15) is 0 Å². The van der Waals surface area contributed by atoms with Crippen molar-refractivity contribution in [3.63, 3.8) is 0 Å². The highest BCUT2D eigenvalue weighted by molar-refractivity contribution is 9.10. The zero-order valence-corrected chi connectivity index (χ0v) is 12.2. The molecule has 0 spiro atoms. The zero-order valence-electron chi connectivity index (χ0n) is 10.6. The van der Waals surface area contributed by atoms with Gasteiger partial charge in [0.2, 0.25) is 0 Å². The lowest BCUT2D eigenvalue weighted by atomic mass is 10.2. The van der Waals surface area contributed by atoms with Crippen molar-refractivity contribution in [2.24, 2.45) is 0 Å². The standard InChI is InChI=1S/C12H19BrN4/c1-9-8-16(3)5-4-6-17(9)12-7-11(13)14-10(2)15-12/h7,9H,4-6,8H2,1-3H3. The van der Waals surface area contributed by atoms with Crippen molar-refractivity contribution < 1.29 is 0 Å². The number of likely N-dealkylation sites (N-methyl/N-ethyl adjacent to an activating group) is 1. The Kier molecular flexibility index (Phi) is 3.99. The van der Waals surface area contributed by atoms with Crippen molar-refractivity contribution in [1.29, 1.82) is 0 Å². The number of rotatable bonds is 1. The first-order valence-electron chi connectivity index (χ1n) is 6.02. The quantitative estimate of drug-likeness (QED) is 0.743. The van der Waals surface area contributed by atoms with Crippen LogP contribution in [0, 0.1) is 6.92 Å². The Morgan fingerprint density at radius 2 is 2.12 bits per heavy atom. The second-order valence-electron chi connectivity index (χ2n) is 4.75. The van der Waals surface area contributed by atoms with Crippen LogP contribution >= 0.6 is 15.9 Å². The van der Waals surface area contributed by atoms with Crippen molar-refractivity contribution in [2.75, 3.05) is 31.6 Å². The van der Waals surface area contributed by atoms with Crippen LogP contribution in [0.25, 0.3) is 0 Å². The van der Waals surface area contributed by atoms with E-state index in [0.29, 0.717) is 6.04 Å². The minimum atomic E-state index is 0.490. The molecule has 4 nitrogen and oxygen atoms in total. The molecule has 1 aromatic heterocycles. The molecular formula is C12H19BrN4. The SMILES string of the molecule is Cc1nc(Br)cc(N2CCCN(C)CC2C)n1. The summed E-state index contributed by atoms with van der Waals surface area (Å²) in [5.74, 6) is 1.85. The average Bonchev–Trinajstić information content (AvgIpc) is 2.37. The summed E-state index contributed by atoms with van der Waals surface area (Å²) in [5, 5.41) is 0. The minimum absolute atomic E-state index is 0.490. The van der Waals surface area contributed by atoms with Gasteiger partial charge in [0.05, 0.1) is 0 Å². The molecule has 1 atom stereocenters. The number of aryl methyl sites for hydroxylation is 1. The van der Waals surface area contributed by atoms with Crippen LogP contribution in [-0.2, 0) is 0 Å². The second kappa shape index (κ2) is 5.31. The van der Waals surface area contributed by atoms with Gasteiger partial charge in [0.25, 0.3) is 0 Å². The van der Waals surface area contributed by atoms with E-state index in [1.165, 1.54) is 6.42 Å². The van der Waals surface area contributed by atoms with Gasteiger partial charge in [0.15, 0.2) is 0 Å². The van der Waals surface area contributed by atoms with Crippen LogP contribution < -0.4 is 4.90 Å². The van der Waals surface area contributed by atoms with Crippen molar-refractivity contribution in [1.82, 2.24) is 14.9 Å². The lowest BCUT2D eigenvalue weighted by Gasteiger charge is -2.29. The molecule has 5 heteroatoms. The molecule has 1 fully saturated rings. The van der Waals surface area contributed by atoms with Crippen LogP contribution in [0.3, 0.4) is 0 Å². The predicted octanol–water partition coefficient (Wildman–Crippen LogP) is 2.08.